The quantitative estimate of drug-likeness (QED) is 0.632. The number of ether oxygens (including phenoxy) is 2. The molecule has 3 fully saturated rings. The van der Waals surface area contributed by atoms with Crippen LogP contribution in [0.15, 0.2) is 24.3 Å². The lowest BCUT2D eigenvalue weighted by Gasteiger charge is -2.62. The molecule has 1 aromatic carbocycles. The second kappa shape index (κ2) is 9.19. The molecule has 4 rings (SSSR count). The zero-order chi connectivity index (χ0) is 21.0. The molecule has 0 aromatic heterocycles. The summed E-state index contributed by atoms with van der Waals surface area (Å²) < 4.78 is 10.7. The number of carbonyl (C=O) groups excluding carboxylic acids is 2. The highest BCUT2D eigenvalue weighted by molar-refractivity contribution is 5.76. The van der Waals surface area contributed by atoms with Crippen LogP contribution in [0.4, 0.5) is 0 Å². The zero-order valence-electron chi connectivity index (χ0n) is 18.2. The first-order chi connectivity index (χ1) is 13.8. The Balaban J connectivity index is 1.57. The number of carbonyl (C=O) groups is 2. The Hall–Kier alpha value is -2.04. The number of amides is 1. The Morgan fingerprint density at radius 2 is 2.03 bits per heavy atom. The fraction of sp³-hybridized carbons (Fsp3) is 0.667. The van der Waals surface area contributed by atoms with E-state index in [0.717, 1.165) is 36.5 Å². The van der Waals surface area contributed by atoms with Gasteiger partial charge in [-0.3, -0.25) is 9.59 Å². The number of nitrogens with one attached hydrogen (secondary N) is 1. The highest BCUT2D eigenvalue weighted by Gasteiger charge is 2.57. The molecule has 0 saturated heterocycles. The second-order valence-electron chi connectivity index (χ2n) is 9.24. The van der Waals surface area contributed by atoms with Crippen molar-refractivity contribution in [1.82, 2.24) is 5.32 Å². The van der Waals surface area contributed by atoms with E-state index in [1.165, 1.54) is 13.5 Å². The van der Waals surface area contributed by atoms with Gasteiger partial charge in [0.2, 0.25) is 5.91 Å². The number of benzene rings is 1. The third-order valence-corrected chi connectivity index (χ3v) is 7.11. The van der Waals surface area contributed by atoms with Gasteiger partial charge in [-0.2, -0.15) is 0 Å². The van der Waals surface area contributed by atoms with E-state index in [1.807, 2.05) is 31.2 Å². The van der Waals surface area contributed by atoms with Crippen molar-refractivity contribution in [2.24, 2.45) is 23.2 Å². The van der Waals surface area contributed by atoms with Gasteiger partial charge in [0.05, 0.1) is 20.1 Å². The molecule has 3 saturated carbocycles. The van der Waals surface area contributed by atoms with Crippen LogP contribution in [-0.2, 0) is 20.7 Å². The zero-order valence-corrected chi connectivity index (χ0v) is 18.2. The van der Waals surface area contributed by atoms with Crippen molar-refractivity contribution in [1.29, 1.82) is 0 Å². The number of hydrogen-bond acceptors (Lipinski definition) is 4. The Bertz CT molecular complexity index is 729. The molecule has 1 amide bonds. The summed E-state index contributed by atoms with van der Waals surface area (Å²) in [5.41, 5.74) is 1.21. The van der Waals surface area contributed by atoms with Crippen LogP contribution in [-0.4, -0.2) is 31.6 Å². The Kier molecular flexibility index (Phi) is 6.86. The molecular weight excluding hydrogens is 366 g/mol. The lowest BCUT2D eigenvalue weighted by molar-refractivity contribution is -0.140. The van der Waals surface area contributed by atoms with Crippen molar-refractivity contribution in [3.63, 3.8) is 0 Å². The standard InChI is InChI=1S/C24H35NO4/c1-5-7-21(26)25-23-17(14-18-15-20(23)24(18,2)3)10-11-29-19-9-6-8-16(12-19)13-22(27)28-4/h6,8-9,12,17-18,20,23H,5,7,10-11,13-15H2,1-4H3,(H,25,26)/t17-,18+,20+,23?/m0/s1. The van der Waals surface area contributed by atoms with Crippen molar-refractivity contribution >= 4 is 11.9 Å². The van der Waals surface area contributed by atoms with E-state index >= 15 is 0 Å². The summed E-state index contributed by atoms with van der Waals surface area (Å²) in [6.45, 7) is 7.37. The summed E-state index contributed by atoms with van der Waals surface area (Å²) in [5, 5.41) is 3.35. The molecule has 1 unspecified atom stereocenters. The van der Waals surface area contributed by atoms with Crippen LogP contribution in [0.2, 0.25) is 0 Å². The highest BCUT2D eigenvalue weighted by Crippen LogP contribution is 2.61. The van der Waals surface area contributed by atoms with Crippen molar-refractivity contribution in [3.05, 3.63) is 29.8 Å². The third kappa shape index (κ3) is 4.93. The molecule has 5 nitrogen and oxygen atoms in total. The SMILES string of the molecule is CCCC(=O)NC1[C@@H](CCOc2cccc(CC(=O)OC)c2)C[C@@H]2C[C@H]1C2(C)C. The number of fused-ring (bicyclic) bond motifs is 2. The van der Waals surface area contributed by atoms with Crippen molar-refractivity contribution in [2.75, 3.05) is 13.7 Å². The Morgan fingerprint density at radius 1 is 1.24 bits per heavy atom. The maximum Gasteiger partial charge on any atom is 0.309 e. The minimum atomic E-state index is -0.253. The molecule has 0 aliphatic heterocycles. The first-order valence-electron chi connectivity index (χ1n) is 10.9. The predicted octanol–water partition coefficient (Wildman–Crippen LogP) is 4.14. The maximum atomic E-state index is 12.3. The van der Waals surface area contributed by atoms with Gasteiger partial charge in [0.15, 0.2) is 0 Å². The van der Waals surface area contributed by atoms with E-state index in [4.69, 9.17) is 9.47 Å². The van der Waals surface area contributed by atoms with Gasteiger partial charge in [0.25, 0.3) is 0 Å². The van der Waals surface area contributed by atoms with Crippen LogP contribution in [0, 0.1) is 23.2 Å². The van der Waals surface area contributed by atoms with Crippen LogP contribution >= 0.6 is 0 Å². The molecule has 4 atom stereocenters. The summed E-state index contributed by atoms with van der Waals surface area (Å²) >= 11 is 0. The summed E-state index contributed by atoms with van der Waals surface area (Å²) in [6, 6.07) is 7.88. The topological polar surface area (TPSA) is 64.6 Å². The molecule has 160 valence electrons. The minimum absolute atomic E-state index is 0.181. The molecule has 1 aromatic rings. The minimum Gasteiger partial charge on any atom is -0.494 e. The van der Waals surface area contributed by atoms with Crippen LogP contribution in [0.25, 0.3) is 0 Å². The first-order valence-corrected chi connectivity index (χ1v) is 10.9. The van der Waals surface area contributed by atoms with Gasteiger partial charge in [-0.05, 0) is 66.5 Å². The summed E-state index contributed by atoms with van der Waals surface area (Å²) in [5.74, 6) is 2.48. The highest BCUT2D eigenvalue weighted by atomic mass is 16.5. The summed E-state index contributed by atoms with van der Waals surface area (Å²) in [4.78, 5) is 23.8. The molecule has 3 aliphatic carbocycles. The Morgan fingerprint density at radius 3 is 2.72 bits per heavy atom. The van der Waals surface area contributed by atoms with E-state index < -0.39 is 0 Å². The lowest BCUT2D eigenvalue weighted by Crippen LogP contribution is -2.63. The Labute approximate surface area is 174 Å². The molecule has 0 spiro atoms. The van der Waals surface area contributed by atoms with Gasteiger partial charge in [-0.15, -0.1) is 0 Å². The fourth-order valence-corrected chi connectivity index (χ4v) is 5.22. The summed E-state index contributed by atoms with van der Waals surface area (Å²) in [6.07, 6.45) is 5.05. The number of rotatable bonds is 9. The molecule has 3 aliphatic rings. The third-order valence-electron chi connectivity index (χ3n) is 7.11. The molecule has 0 radical (unpaired) electrons. The molecule has 2 bridgehead atoms. The van der Waals surface area contributed by atoms with Crippen molar-refractivity contribution in [3.8, 4) is 5.75 Å². The van der Waals surface area contributed by atoms with Crippen LogP contribution in [0.5, 0.6) is 5.75 Å². The normalized spacial score (nSPS) is 26.9. The van der Waals surface area contributed by atoms with E-state index in [9.17, 15) is 9.59 Å². The smallest absolute Gasteiger partial charge is 0.309 e. The van der Waals surface area contributed by atoms with Gasteiger partial charge in [0, 0.05) is 12.5 Å². The molecule has 29 heavy (non-hydrogen) atoms. The number of methoxy groups -OCH3 is 1. The van der Waals surface area contributed by atoms with E-state index in [1.54, 1.807) is 0 Å². The molecule has 0 heterocycles. The van der Waals surface area contributed by atoms with Crippen LogP contribution < -0.4 is 10.1 Å². The molecule has 5 heteroatoms. The van der Waals surface area contributed by atoms with Crippen molar-refractivity contribution < 1.29 is 19.1 Å². The summed E-state index contributed by atoms with van der Waals surface area (Å²) in [7, 11) is 1.40. The van der Waals surface area contributed by atoms with E-state index in [-0.39, 0.29) is 24.3 Å². The monoisotopic (exact) mass is 401 g/mol. The van der Waals surface area contributed by atoms with Gasteiger partial charge in [-0.25, -0.2) is 0 Å². The fourth-order valence-electron chi connectivity index (χ4n) is 5.22. The molecular formula is C24H35NO4. The number of esters is 1. The van der Waals surface area contributed by atoms with Crippen molar-refractivity contribution in [2.45, 2.75) is 65.3 Å². The van der Waals surface area contributed by atoms with Gasteiger partial charge in [-0.1, -0.05) is 32.9 Å². The number of hydrogen-bond donors (Lipinski definition) is 1. The van der Waals surface area contributed by atoms with Gasteiger partial charge < -0.3 is 14.8 Å². The van der Waals surface area contributed by atoms with Crippen LogP contribution in [0.3, 0.4) is 0 Å². The van der Waals surface area contributed by atoms with E-state index in [2.05, 4.69) is 19.2 Å². The largest absolute Gasteiger partial charge is 0.494 e. The average Bonchev–Trinajstić information content (AvgIpc) is 2.69. The lowest BCUT2D eigenvalue weighted by atomic mass is 9.44. The van der Waals surface area contributed by atoms with Gasteiger partial charge in [0.1, 0.15) is 5.75 Å². The molecule has 1 N–H and O–H groups in total. The van der Waals surface area contributed by atoms with Gasteiger partial charge >= 0.3 is 5.97 Å². The van der Waals surface area contributed by atoms with E-state index in [0.29, 0.717) is 30.3 Å². The predicted molar refractivity (Wildman–Crippen MR) is 113 cm³/mol. The van der Waals surface area contributed by atoms with Crippen LogP contribution in [0.1, 0.15) is 58.4 Å². The maximum absolute atomic E-state index is 12.3. The first kappa shape index (κ1) is 21.7. The average molecular weight is 402 g/mol. The second-order valence-corrected chi connectivity index (χ2v) is 9.24.